The van der Waals surface area contributed by atoms with Gasteiger partial charge < -0.3 is 16.5 Å². The first-order valence-corrected chi connectivity index (χ1v) is 7.42. The van der Waals surface area contributed by atoms with Gasteiger partial charge in [-0.2, -0.15) is 5.10 Å². The first-order chi connectivity index (χ1) is 11.0. The van der Waals surface area contributed by atoms with Crippen LogP contribution in [0.4, 0.5) is 11.6 Å². The molecule has 0 unspecified atom stereocenters. The molecule has 0 fully saturated rings. The summed E-state index contributed by atoms with van der Waals surface area (Å²) in [6.07, 6.45) is 1.47. The van der Waals surface area contributed by atoms with Crippen LogP contribution in [0.1, 0.15) is 19.9 Å². The van der Waals surface area contributed by atoms with Crippen molar-refractivity contribution in [2.24, 2.45) is 0 Å². The van der Waals surface area contributed by atoms with Gasteiger partial charge in [-0.25, -0.2) is 14.6 Å². The molecule has 4 rings (SSSR count). The highest BCUT2D eigenvalue weighted by Crippen LogP contribution is 2.33. The number of aromatic nitrogens is 5. The van der Waals surface area contributed by atoms with Gasteiger partial charge in [0, 0.05) is 22.5 Å². The summed E-state index contributed by atoms with van der Waals surface area (Å²) in [6, 6.07) is 8.11. The van der Waals surface area contributed by atoms with Crippen molar-refractivity contribution in [3.63, 3.8) is 0 Å². The second-order valence-corrected chi connectivity index (χ2v) is 5.87. The number of nitrogen functional groups attached to an aromatic ring is 2. The number of nitrogens with two attached hydrogens (primary N) is 2. The van der Waals surface area contributed by atoms with Crippen LogP contribution in [-0.2, 0) is 0 Å². The van der Waals surface area contributed by atoms with Crippen LogP contribution in [0.2, 0.25) is 0 Å². The molecule has 7 nitrogen and oxygen atoms in total. The molecule has 0 saturated heterocycles. The minimum absolute atomic E-state index is 0.172. The van der Waals surface area contributed by atoms with Crippen LogP contribution >= 0.6 is 0 Å². The largest absolute Gasteiger partial charge is 0.385 e. The molecule has 23 heavy (non-hydrogen) atoms. The smallest absolute Gasteiger partial charge is 0.164 e. The molecule has 0 aliphatic carbocycles. The fourth-order valence-electron chi connectivity index (χ4n) is 2.85. The summed E-state index contributed by atoms with van der Waals surface area (Å²) in [5, 5.41) is 6.56. The van der Waals surface area contributed by atoms with Crippen molar-refractivity contribution in [1.29, 1.82) is 0 Å². The Morgan fingerprint density at radius 1 is 1.13 bits per heavy atom. The second kappa shape index (κ2) is 4.70. The number of aromatic amines is 1. The van der Waals surface area contributed by atoms with Gasteiger partial charge >= 0.3 is 0 Å². The van der Waals surface area contributed by atoms with Crippen LogP contribution in [-0.4, -0.2) is 24.7 Å². The van der Waals surface area contributed by atoms with E-state index in [1.165, 1.54) is 6.33 Å². The van der Waals surface area contributed by atoms with Crippen molar-refractivity contribution >= 4 is 33.6 Å². The predicted molar refractivity (Wildman–Crippen MR) is 91.8 cm³/mol. The van der Waals surface area contributed by atoms with Gasteiger partial charge in [0.25, 0.3) is 0 Å². The van der Waals surface area contributed by atoms with Crippen LogP contribution in [0, 0.1) is 0 Å². The highest BCUT2D eigenvalue weighted by Gasteiger charge is 2.18. The van der Waals surface area contributed by atoms with Crippen LogP contribution in [0.3, 0.4) is 0 Å². The van der Waals surface area contributed by atoms with Crippen LogP contribution in [0.5, 0.6) is 0 Å². The molecule has 5 N–H and O–H groups in total. The van der Waals surface area contributed by atoms with Crippen molar-refractivity contribution in [3.8, 4) is 11.3 Å². The SMILES string of the molecule is CC(C)n1nc(-c2ccc3cc(N)[nH]c3c2)c2c(N)ncnc21. The molecule has 0 aliphatic heterocycles. The number of hydrogen-bond donors (Lipinski definition) is 3. The molecular weight excluding hydrogens is 290 g/mol. The van der Waals surface area contributed by atoms with Crippen LogP contribution in [0.15, 0.2) is 30.6 Å². The van der Waals surface area contributed by atoms with Crippen molar-refractivity contribution in [2.75, 3.05) is 11.5 Å². The average Bonchev–Trinajstić information content (AvgIpc) is 3.06. The maximum absolute atomic E-state index is 6.09. The van der Waals surface area contributed by atoms with E-state index in [0.29, 0.717) is 11.6 Å². The quantitative estimate of drug-likeness (QED) is 0.527. The Bertz CT molecular complexity index is 1030. The molecule has 3 aromatic heterocycles. The highest BCUT2D eigenvalue weighted by molar-refractivity contribution is 6.00. The monoisotopic (exact) mass is 307 g/mol. The normalized spacial score (nSPS) is 11.8. The summed E-state index contributed by atoms with van der Waals surface area (Å²) in [6.45, 7) is 4.12. The summed E-state index contributed by atoms with van der Waals surface area (Å²) in [5.74, 6) is 1.07. The lowest BCUT2D eigenvalue weighted by Gasteiger charge is -2.05. The zero-order valence-electron chi connectivity index (χ0n) is 12.9. The fraction of sp³-hybridized carbons (Fsp3) is 0.188. The van der Waals surface area contributed by atoms with Gasteiger partial charge in [-0.1, -0.05) is 12.1 Å². The Labute approximate surface area is 132 Å². The summed E-state index contributed by atoms with van der Waals surface area (Å²) in [5.41, 5.74) is 15.3. The van der Waals surface area contributed by atoms with Crippen molar-refractivity contribution in [1.82, 2.24) is 24.7 Å². The summed E-state index contributed by atoms with van der Waals surface area (Å²) in [4.78, 5) is 11.6. The minimum atomic E-state index is 0.172. The van der Waals surface area contributed by atoms with Gasteiger partial charge in [0.15, 0.2) is 5.65 Å². The Morgan fingerprint density at radius 2 is 1.96 bits per heavy atom. The maximum Gasteiger partial charge on any atom is 0.164 e. The van der Waals surface area contributed by atoms with E-state index < -0.39 is 0 Å². The zero-order valence-corrected chi connectivity index (χ0v) is 12.9. The summed E-state index contributed by atoms with van der Waals surface area (Å²) < 4.78 is 1.87. The molecule has 0 spiro atoms. The molecule has 0 radical (unpaired) electrons. The maximum atomic E-state index is 6.09. The fourth-order valence-corrected chi connectivity index (χ4v) is 2.85. The predicted octanol–water partition coefficient (Wildman–Crippen LogP) is 2.72. The van der Waals surface area contributed by atoms with E-state index in [2.05, 4.69) is 28.8 Å². The molecule has 1 aromatic carbocycles. The van der Waals surface area contributed by atoms with Gasteiger partial charge in [0.05, 0.1) is 5.39 Å². The molecule has 116 valence electrons. The van der Waals surface area contributed by atoms with E-state index >= 15 is 0 Å². The van der Waals surface area contributed by atoms with Crippen molar-refractivity contribution < 1.29 is 0 Å². The molecule has 7 heteroatoms. The highest BCUT2D eigenvalue weighted by atomic mass is 15.3. The van der Waals surface area contributed by atoms with E-state index in [1.54, 1.807) is 0 Å². The molecule has 4 aromatic rings. The van der Waals surface area contributed by atoms with E-state index in [9.17, 15) is 0 Å². The van der Waals surface area contributed by atoms with Gasteiger partial charge in [-0.3, -0.25) is 0 Å². The Hall–Kier alpha value is -3.09. The van der Waals surface area contributed by atoms with Gasteiger partial charge in [-0.15, -0.1) is 0 Å². The molecule has 0 bridgehead atoms. The standard InChI is InChI=1S/C16H17N7/c1-8(2)23-16-13(15(18)19-7-20-16)14(22-23)10-4-3-9-6-12(17)21-11(9)5-10/h3-8,21H,17H2,1-2H3,(H2,18,19,20). The van der Waals surface area contributed by atoms with E-state index in [0.717, 1.165) is 33.2 Å². The van der Waals surface area contributed by atoms with E-state index in [-0.39, 0.29) is 6.04 Å². The lowest BCUT2D eigenvalue weighted by atomic mass is 10.1. The van der Waals surface area contributed by atoms with Gasteiger partial charge in [0.2, 0.25) is 0 Å². The Kier molecular flexibility index (Phi) is 2.77. The number of H-pyrrole nitrogens is 1. The first-order valence-electron chi connectivity index (χ1n) is 7.42. The number of rotatable bonds is 2. The molecule has 0 amide bonds. The van der Waals surface area contributed by atoms with E-state index in [1.807, 2.05) is 28.9 Å². The summed E-state index contributed by atoms with van der Waals surface area (Å²) in [7, 11) is 0. The number of benzene rings is 1. The first kappa shape index (κ1) is 13.6. The minimum Gasteiger partial charge on any atom is -0.385 e. The lowest BCUT2D eigenvalue weighted by Crippen LogP contribution is -2.04. The molecule has 3 heterocycles. The molecular formula is C16H17N7. The number of nitrogens with one attached hydrogen (secondary N) is 1. The Balaban J connectivity index is 2.03. The number of hydrogen-bond acceptors (Lipinski definition) is 5. The van der Waals surface area contributed by atoms with Crippen molar-refractivity contribution in [2.45, 2.75) is 19.9 Å². The number of fused-ring (bicyclic) bond motifs is 2. The van der Waals surface area contributed by atoms with E-state index in [4.69, 9.17) is 16.6 Å². The zero-order chi connectivity index (χ0) is 16.1. The lowest BCUT2D eigenvalue weighted by molar-refractivity contribution is 0.548. The molecule has 0 atom stereocenters. The number of nitrogens with zero attached hydrogens (tertiary/aromatic N) is 4. The second-order valence-electron chi connectivity index (χ2n) is 5.87. The average molecular weight is 307 g/mol. The third-order valence-corrected chi connectivity index (χ3v) is 3.92. The van der Waals surface area contributed by atoms with Gasteiger partial charge in [-0.05, 0) is 26.0 Å². The summed E-state index contributed by atoms with van der Waals surface area (Å²) >= 11 is 0. The van der Waals surface area contributed by atoms with Crippen molar-refractivity contribution in [3.05, 3.63) is 30.6 Å². The Morgan fingerprint density at radius 3 is 2.74 bits per heavy atom. The number of anilines is 2. The third-order valence-electron chi connectivity index (χ3n) is 3.92. The molecule has 0 aliphatic rings. The third kappa shape index (κ3) is 2.01. The van der Waals surface area contributed by atoms with Crippen LogP contribution < -0.4 is 11.5 Å². The van der Waals surface area contributed by atoms with Gasteiger partial charge in [0.1, 0.15) is 23.7 Å². The topological polar surface area (TPSA) is 111 Å². The molecule has 0 saturated carbocycles. The van der Waals surface area contributed by atoms with Crippen LogP contribution in [0.25, 0.3) is 33.2 Å².